The second-order valence-corrected chi connectivity index (χ2v) is 5.23. The molecule has 1 rings (SSSR count). The summed E-state index contributed by atoms with van der Waals surface area (Å²) in [6, 6.07) is 2.72. The molecule has 0 aliphatic heterocycles. The monoisotopic (exact) mass is 284 g/mol. The van der Waals surface area contributed by atoms with Crippen LogP contribution in [0.5, 0.6) is 11.5 Å². The Labute approximate surface area is 112 Å². The van der Waals surface area contributed by atoms with Crippen LogP contribution in [0.15, 0.2) is 17.0 Å². The normalized spacial score (nSPS) is 10.5. The number of hydrogen-bond acceptors (Lipinski definition) is 5. The molecule has 3 N–H and O–H groups in total. The molecule has 0 aliphatic rings. The van der Waals surface area contributed by atoms with E-state index >= 15 is 0 Å². The van der Waals surface area contributed by atoms with Gasteiger partial charge in [-0.1, -0.05) is 5.92 Å². The first-order valence-electron chi connectivity index (χ1n) is 5.37. The summed E-state index contributed by atoms with van der Waals surface area (Å²) in [5, 5.41) is 0. The Bertz CT molecular complexity index is 615. The molecule has 0 atom stereocenters. The van der Waals surface area contributed by atoms with Crippen LogP contribution >= 0.6 is 0 Å². The SMILES string of the molecule is CC#CCNS(=O)(=O)c1cc(N)c(OC)cc1OC. The smallest absolute Gasteiger partial charge is 0.245 e. The van der Waals surface area contributed by atoms with Crippen LogP contribution in [-0.2, 0) is 10.0 Å². The van der Waals surface area contributed by atoms with Crippen LogP contribution in [0, 0.1) is 11.8 Å². The Kier molecular flexibility index (Phi) is 5.03. The molecule has 0 radical (unpaired) electrons. The van der Waals surface area contributed by atoms with Crippen molar-refractivity contribution in [3.8, 4) is 23.3 Å². The first-order valence-corrected chi connectivity index (χ1v) is 6.85. The minimum atomic E-state index is -3.74. The van der Waals surface area contributed by atoms with Crippen LogP contribution < -0.4 is 19.9 Å². The highest BCUT2D eigenvalue weighted by atomic mass is 32.2. The van der Waals surface area contributed by atoms with Gasteiger partial charge in [-0.25, -0.2) is 8.42 Å². The molecule has 0 heterocycles. The Balaban J connectivity index is 3.24. The number of hydrogen-bond donors (Lipinski definition) is 2. The molecule has 0 saturated carbocycles. The molecule has 104 valence electrons. The van der Waals surface area contributed by atoms with Crippen LogP contribution in [0.3, 0.4) is 0 Å². The quantitative estimate of drug-likeness (QED) is 0.610. The van der Waals surface area contributed by atoms with Gasteiger partial charge in [-0.2, -0.15) is 4.72 Å². The van der Waals surface area contributed by atoms with Crippen molar-refractivity contribution >= 4 is 15.7 Å². The van der Waals surface area contributed by atoms with Crippen molar-refractivity contribution in [2.45, 2.75) is 11.8 Å². The predicted molar refractivity (Wildman–Crippen MR) is 72.6 cm³/mol. The minimum absolute atomic E-state index is 0.0217. The van der Waals surface area contributed by atoms with E-state index in [1.54, 1.807) is 6.92 Å². The maximum atomic E-state index is 12.1. The zero-order chi connectivity index (χ0) is 14.5. The van der Waals surface area contributed by atoms with E-state index in [1.165, 1.54) is 26.4 Å². The number of anilines is 1. The van der Waals surface area contributed by atoms with Crippen LogP contribution in [0.2, 0.25) is 0 Å². The van der Waals surface area contributed by atoms with Gasteiger partial charge in [-0.3, -0.25) is 0 Å². The third-order valence-electron chi connectivity index (χ3n) is 2.33. The molecule has 0 fully saturated rings. The third-order valence-corrected chi connectivity index (χ3v) is 3.76. The van der Waals surface area contributed by atoms with Crippen LogP contribution in [0.25, 0.3) is 0 Å². The van der Waals surface area contributed by atoms with E-state index in [1.807, 2.05) is 0 Å². The molecule has 0 unspecified atom stereocenters. The van der Waals surface area contributed by atoms with Gasteiger partial charge in [0.25, 0.3) is 0 Å². The number of nitrogens with one attached hydrogen (secondary N) is 1. The van der Waals surface area contributed by atoms with Crippen molar-refractivity contribution in [1.29, 1.82) is 0 Å². The van der Waals surface area contributed by atoms with Crippen molar-refractivity contribution in [2.24, 2.45) is 0 Å². The molecule has 7 heteroatoms. The standard InChI is InChI=1S/C12H16N2O4S/c1-4-5-6-14-19(15,16)12-7-9(13)10(17-2)8-11(12)18-3/h7-8,14H,6,13H2,1-3H3. The summed E-state index contributed by atoms with van der Waals surface area (Å²) in [5.74, 6) is 5.72. The molecule has 1 aromatic carbocycles. The maximum Gasteiger partial charge on any atom is 0.245 e. The van der Waals surface area contributed by atoms with E-state index in [9.17, 15) is 8.42 Å². The van der Waals surface area contributed by atoms with Gasteiger partial charge in [0.05, 0.1) is 26.5 Å². The molecule has 0 aliphatic carbocycles. The number of methoxy groups -OCH3 is 2. The second-order valence-electron chi connectivity index (χ2n) is 3.50. The Morgan fingerprint density at radius 2 is 1.89 bits per heavy atom. The largest absolute Gasteiger partial charge is 0.495 e. The molecule has 0 bridgehead atoms. The van der Waals surface area contributed by atoms with Gasteiger partial charge in [-0.15, -0.1) is 5.92 Å². The predicted octanol–water partition coefficient (Wildman–Crippen LogP) is 0.588. The summed E-state index contributed by atoms with van der Waals surface area (Å²) >= 11 is 0. The highest BCUT2D eigenvalue weighted by molar-refractivity contribution is 7.89. The lowest BCUT2D eigenvalue weighted by Gasteiger charge is -2.13. The highest BCUT2D eigenvalue weighted by Gasteiger charge is 2.21. The number of sulfonamides is 1. The zero-order valence-corrected chi connectivity index (χ0v) is 11.8. The van der Waals surface area contributed by atoms with Crippen molar-refractivity contribution < 1.29 is 17.9 Å². The molecule has 0 aromatic heterocycles. The maximum absolute atomic E-state index is 12.1. The average Bonchev–Trinajstić information content (AvgIpc) is 2.38. The van der Waals surface area contributed by atoms with E-state index in [0.717, 1.165) is 0 Å². The fraction of sp³-hybridized carbons (Fsp3) is 0.333. The lowest BCUT2D eigenvalue weighted by Crippen LogP contribution is -2.24. The summed E-state index contributed by atoms with van der Waals surface area (Å²) in [7, 11) is -0.926. The third kappa shape index (κ3) is 3.53. The molecule has 19 heavy (non-hydrogen) atoms. The van der Waals surface area contributed by atoms with Crippen LogP contribution in [0.4, 0.5) is 5.69 Å². The number of nitrogen functional groups attached to an aromatic ring is 1. The minimum Gasteiger partial charge on any atom is -0.495 e. The molecule has 0 spiro atoms. The number of ether oxygens (including phenoxy) is 2. The Morgan fingerprint density at radius 3 is 2.42 bits per heavy atom. The van der Waals surface area contributed by atoms with Crippen molar-refractivity contribution in [2.75, 3.05) is 26.5 Å². The van der Waals surface area contributed by atoms with Gasteiger partial charge in [0.15, 0.2) is 0 Å². The van der Waals surface area contributed by atoms with Gasteiger partial charge in [0.1, 0.15) is 16.4 Å². The van der Waals surface area contributed by atoms with E-state index in [0.29, 0.717) is 5.75 Å². The van der Waals surface area contributed by atoms with E-state index in [2.05, 4.69) is 16.6 Å². The molecular weight excluding hydrogens is 268 g/mol. The van der Waals surface area contributed by atoms with Crippen molar-refractivity contribution in [3.63, 3.8) is 0 Å². The fourth-order valence-electron chi connectivity index (χ4n) is 1.40. The van der Waals surface area contributed by atoms with E-state index in [4.69, 9.17) is 15.2 Å². The molecule has 6 nitrogen and oxygen atoms in total. The van der Waals surface area contributed by atoms with E-state index in [-0.39, 0.29) is 22.9 Å². The fourth-order valence-corrected chi connectivity index (χ4v) is 2.51. The molecule has 0 saturated heterocycles. The lowest BCUT2D eigenvalue weighted by molar-refractivity contribution is 0.387. The summed E-state index contributed by atoms with van der Waals surface area (Å²) in [5.41, 5.74) is 5.92. The number of nitrogens with two attached hydrogens (primary N) is 1. The zero-order valence-electron chi connectivity index (χ0n) is 11.0. The number of rotatable bonds is 5. The molecule has 0 amide bonds. The van der Waals surface area contributed by atoms with Crippen molar-refractivity contribution in [3.05, 3.63) is 12.1 Å². The van der Waals surface area contributed by atoms with Crippen LogP contribution in [-0.4, -0.2) is 29.2 Å². The summed E-state index contributed by atoms with van der Waals surface area (Å²) in [6.07, 6.45) is 0. The number of benzene rings is 1. The average molecular weight is 284 g/mol. The first kappa shape index (κ1) is 15.1. The van der Waals surface area contributed by atoms with Gasteiger partial charge < -0.3 is 15.2 Å². The van der Waals surface area contributed by atoms with E-state index < -0.39 is 10.0 Å². The lowest BCUT2D eigenvalue weighted by atomic mass is 10.3. The van der Waals surface area contributed by atoms with Crippen molar-refractivity contribution in [1.82, 2.24) is 4.72 Å². The Morgan fingerprint density at radius 1 is 1.26 bits per heavy atom. The summed E-state index contributed by atoms with van der Waals surface area (Å²) in [6.45, 7) is 1.65. The van der Waals surface area contributed by atoms with Crippen LogP contribution in [0.1, 0.15) is 6.92 Å². The van der Waals surface area contributed by atoms with Gasteiger partial charge in [0, 0.05) is 6.07 Å². The van der Waals surface area contributed by atoms with Gasteiger partial charge in [0.2, 0.25) is 10.0 Å². The van der Waals surface area contributed by atoms with Gasteiger partial charge in [-0.05, 0) is 13.0 Å². The molecular formula is C12H16N2O4S. The molecule has 1 aromatic rings. The second kappa shape index (κ2) is 6.31. The highest BCUT2D eigenvalue weighted by Crippen LogP contribution is 2.33. The topological polar surface area (TPSA) is 90.7 Å². The first-order chi connectivity index (χ1) is 8.96. The van der Waals surface area contributed by atoms with Gasteiger partial charge >= 0.3 is 0 Å². The summed E-state index contributed by atoms with van der Waals surface area (Å²) < 4.78 is 36.6. The Hall–Kier alpha value is -1.91. The summed E-state index contributed by atoms with van der Waals surface area (Å²) in [4.78, 5) is -0.0498.